The van der Waals surface area contributed by atoms with Crippen molar-refractivity contribution >= 4 is 0 Å². The Kier molecular flexibility index (Phi) is 6.26. The molecule has 0 aromatic carbocycles. The molecule has 1 rings (SSSR count). The molecule has 0 aromatic rings. The van der Waals surface area contributed by atoms with Crippen LogP contribution in [0.1, 0.15) is 46.5 Å². The van der Waals surface area contributed by atoms with Gasteiger partial charge in [0.05, 0.1) is 0 Å². The van der Waals surface area contributed by atoms with Crippen LogP contribution >= 0.6 is 0 Å². The standard InChI is InChI=1S/C13H28N2/c1-4-8-14-13(12(3)5-2)11-15-9-6-7-10-15/h12-14H,4-11H2,1-3H3. The van der Waals surface area contributed by atoms with E-state index in [1.807, 2.05) is 0 Å². The highest BCUT2D eigenvalue weighted by Gasteiger charge is 2.20. The molecule has 0 radical (unpaired) electrons. The van der Waals surface area contributed by atoms with Crippen molar-refractivity contribution in [2.24, 2.45) is 5.92 Å². The van der Waals surface area contributed by atoms with Crippen LogP contribution < -0.4 is 5.32 Å². The molecule has 0 bridgehead atoms. The van der Waals surface area contributed by atoms with Crippen LogP contribution in [0, 0.1) is 5.92 Å². The van der Waals surface area contributed by atoms with Crippen molar-refractivity contribution in [2.45, 2.75) is 52.5 Å². The first kappa shape index (κ1) is 13.0. The van der Waals surface area contributed by atoms with E-state index in [-0.39, 0.29) is 0 Å². The minimum atomic E-state index is 0.702. The Labute approximate surface area is 95.4 Å². The second-order valence-electron chi connectivity index (χ2n) is 4.95. The molecule has 1 aliphatic heterocycles. The van der Waals surface area contributed by atoms with Crippen molar-refractivity contribution in [3.63, 3.8) is 0 Å². The van der Waals surface area contributed by atoms with Crippen LogP contribution in [0.5, 0.6) is 0 Å². The van der Waals surface area contributed by atoms with E-state index < -0.39 is 0 Å². The Morgan fingerprint density at radius 1 is 1.20 bits per heavy atom. The summed E-state index contributed by atoms with van der Waals surface area (Å²) < 4.78 is 0. The minimum Gasteiger partial charge on any atom is -0.312 e. The maximum atomic E-state index is 3.71. The lowest BCUT2D eigenvalue weighted by Crippen LogP contribution is -2.44. The van der Waals surface area contributed by atoms with E-state index in [1.54, 1.807) is 0 Å². The molecule has 0 spiro atoms. The number of likely N-dealkylation sites (tertiary alicyclic amines) is 1. The van der Waals surface area contributed by atoms with E-state index in [4.69, 9.17) is 0 Å². The van der Waals surface area contributed by atoms with Crippen LogP contribution in [-0.2, 0) is 0 Å². The average molecular weight is 212 g/mol. The third-order valence-electron chi connectivity index (χ3n) is 3.64. The molecule has 2 heteroatoms. The molecule has 15 heavy (non-hydrogen) atoms. The molecule has 0 saturated carbocycles. The van der Waals surface area contributed by atoms with Crippen LogP contribution in [0.15, 0.2) is 0 Å². The molecule has 0 amide bonds. The summed E-state index contributed by atoms with van der Waals surface area (Å²) in [6, 6.07) is 0.702. The molecule has 1 aliphatic rings. The molecule has 1 saturated heterocycles. The van der Waals surface area contributed by atoms with Gasteiger partial charge in [-0.25, -0.2) is 0 Å². The number of hydrogen-bond acceptors (Lipinski definition) is 2. The van der Waals surface area contributed by atoms with Gasteiger partial charge >= 0.3 is 0 Å². The quantitative estimate of drug-likeness (QED) is 0.697. The van der Waals surface area contributed by atoms with E-state index in [0.29, 0.717) is 6.04 Å². The van der Waals surface area contributed by atoms with Crippen LogP contribution in [0.25, 0.3) is 0 Å². The molecule has 0 aromatic heterocycles. The fourth-order valence-electron chi connectivity index (χ4n) is 2.30. The number of hydrogen-bond donors (Lipinski definition) is 1. The first-order valence-corrected chi connectivity index (χ1v) is 6.73. The Bertz CT molecular complexity index is 153. The summed E-state index contributed by atoms with van der Waals surface area (Å²) in [5.41, 5.74) is 0. The second kappa shape index (κ2) is 7.24. The highest BCUT2D eigenvalue weighted by molar-refractivity contribution is 4.78. The van der Waals surface area contributed by atoms with Gasteiger partial charge in [-0.15, -0.1) is 0 Å². The van der Waals surface area contributed by atoms with Crippen LogP contribution in [0.3, 0.4) is 0 Å². The van der Waals surface area contributed by atoms with Gasteiger partial charge in [-0.05, 0) is 44.8 Å². The SMILES string of the molecule is CCCNC(CN1CCCC1)C(C)CC. The average Bonchev–Trinajstić information content (AvgIpc) is 2.75. The van der Waals surface area contributed by atoms with E-state index in [2.05, 4.69) is 31.0 Å². The van der Waals surface area contributed by atoms with Crippen LogP contribution in [0.4, 0.5) is 0 Å². The summed E-state index contributed by atoms with van der Waals surface area (Å²) in [4.78, 5) is 2.62. The normalized spacial score (nSPS) is 21.8. The topological polar surface area (TPSA) is 15.3 Å². The van der Waals surface area contributed by atoms with Crippen LogP contribution in [-0.4, -0.2) is 37.1 Å². The predicted octanol–water partition coefficient (Wildman–Crippen LogP) is 2.50. The van der Waals surface area contributed by atoms with Gasteiger partial charge in [-0.3, -0.25) is 0 Å². The Balaban J connectivity index is 2.32. The molecular weight excluding hydrogens is 184 g/mol. The lowest BCUT2D eigenvalue weighted by atomic mass is 9.98. The zero-order valence-electron chi connectivity index (χ0n) is 10.8. The van der Waals surface area contributed by atoms with E-state index in [9.17, 15) is 0 Å². The smallest absolute Gasteiger partial charge is 0.0220 e. The summed E-state index contributed by atoms with van der Waals surface area (Å²) in [5.74, 6) is 0.803. The summed E-state index contributed by atoms with van der Waals surface area (Å²) in [6.07, 6.45) is 5.34. The molecule has 1 heterocycles. The molecule has 2 atom stereocenters. The van der Waals surface area contributed by atoms with Gasteiger partial charge < -0.3 is 10.2 Å². The molecular formula is C13H28N2. The van der Waals surface area contributed by atoms with E-state index in [0.717, 1.165) is 5.92 Å². The number of rotatable bonds is 7. The Morgan fingerprint density at radius 3 is 2.40 bits per heavy atom. The van der Waals surface area contributed by atoms with Gasteiger partial charge in [0.2, 0.25) is 0 Å². The Hall–Kier alpha value is -0.0800. The monoisotopic (exact) mass is 212 g/mol. The molecule has 2 nitrogen and oxygen atoms in total. The lowest BCUT2D eigenvalue weighted by Gasteiger charge is -2.28. The molecule has 0 aliphatic carbocycles. The third-order valence-corrected chi connectivity index (χ3v) is 3.64. The van der Waals surface area contributed by atoms with Gasteiger partial charge in [0.25, 0.3) is 0 Å². The van der Waals surface area contributed by atoms with E-state index in [1.165, 1.54) is 51.9 Å². The van der Waals surface area contributed by atoms with Gasteiger partial charge in [-0.2, -0.15) is 0 Å². The van der Waals surface area contributed by atoms with Gasteiger partial charge in [0, 0.05) is 12.6 Å². The fourth-order valence-corrected chi connectivity index (χ4v) is 2.30. The van der Waals surface area contributed by atoms with Crippen molar-refractivity contribution in [1.82, 2.24) is 10.2 Å². The van der Waals surface area contributed by atoms with E-state index >= 15 is 0 Å². The molecule has 2 unspecified atom stereocenters. The predicted molar refractivity (Wildman–Crippen MR) is 67.2 cm³/mol. The maximum absolute atomic E-state index is 3.71. The zero-order chi connectivity index (χ0) is 11.1. The number of nitrogens with one attached hydrogen (secondary N) is 1. The third kappa shape index (κ3) is 4.52. The highest BCUT2D eigenvalue weighted by atomic mass is 15.2. The first-order valence-electron chi connectivity index (χ1n) is 6.73. The number of nitrogens with zero attached hydrogens (tertiary/aromatic N) is 1. The summed E-state index contributed by atoms with van der Waals surface area (Å²) in [7, 11) is 0. The van der Waals surface area contributed by atoms with Crippen LogP contribution in [0.2, 0.25) is 0 Å². The summed E-state index contributed by atoms with van der Waals surface area (Å²) in [6.45, 7) is 12.0. The largest absolute Gasteiger partial charge is 0.312 e. The molecule has 1 fully saturated rings. The van der Waals surface area contributed by atoms with Gasteiger partial charge in [0.15, 0.2) is 0 Å². The summed E-state index contributed by atoms with van der Waals surface area (Å²) >= 11 is 0. The fraction of sp³-hybridized carbons (Fsp3) is 1.00. The zero-order valence-corrected chi connectivity index (χ0v) is 10.8. The molecule has 90 valence electrons. The lowest BCUT2D eigenvalue weighted by molar-refractivity contribution is 0.245. The highest BCUT2D eigenvalue weighted by Crippen LogP contribution is 2.13. The maximum Gasteiger partial charge on any atom is 0.0220 e. The van der Waals surface area contributed by atoms with Crippen molar-refractivity contribution in [3.8, 4) is 0 Å². The summed E-state index contributed by atoms with van der Waals surface area (Å²) in [5, 5.41) is 3.71. The van der Waals surface area contributed by atoms with Gasteiger partial charge in [-0.1, -0.05) is 27.2 Å². The van der Waals surface area contributed by atoms with Crippen molar-refractivity contribution < 1.29 is 0 Å². The van der Waals surface area contributed by atoms with Crippen molar-refractivity contribution in [3.05, 3.63) is 0 Å². The first-order chi connectivity index (χ1) is 7.27. The second-order valence-corrected chi connectivity index (χ2v) is 4.95. The minimum absolute atomic E-state index is 0.702. The molecule has 1 N–H and O–H groups in total. The Morgan fingerprint density at radius 2 is 1.87 bits per heavy atom. The van der Waals surface area contributed by atoms with Crippen molar-refractivity contribution in [1.29, 1.82) is 0 Å². The van der Waals surface area contributed by atoms with Gasteiger partial charge in [0.1, 0.15) is 0 Å². The van der Waals surface area contributed by atoms with Crippen molar-refractivity contribution in [2.75, 3.05) is 26.2 Å².